The van der Waals surface area contributed by atoms with Crippen molar-refractivity contribution in [2.75, 3.05) is 5.32 Å². The molecule has 0 aliphatic heterocycles. The van der Waals surface area contributed by atoms with Gasteiger partial charge in [0.25, 0.3) is 0 Å². The van der Waals surface area contributed by atoms with Crippen molar-refractivity contribution in [3.63, 3.8) is 0 Å². The number of aliphatic carboxylic acids is 1. The van der Waals surface area contributed by atoms with Crippen molar-refractivity contribution in [3.05, 3.63) is 50.7 Å². The lowest BCUT2D eigenvalue weighted by Crippen LogP contribution is -1.99. The van der Waals surface area contributed by atoms with E-state index in [0.717, 1.165) is 9.75 Å². The smallest absolute Gasteiger partial charge is 0.308 e. The summed E-state index contributed by atoms with van der Waals surface area (Å²) in [5.74, 6) is -0.837. The Kier molecular flexibility index (Phi) is 4.61. The fourth-order valence-corrected chi connectivity index (χ4v) is 2.81. The van der Waals surface area contributed by atoms with Gasteiger partial charge in [0.1, 0.15) is 0 Å². The third-order valence-electron chi connectivity index (χ3n) is 2.59. The molecule has 0 saturated carbocycles. The number of anilines is 1. The van der Waals surface area contributed by atoms with E-state index in [1.54, 1.807) is 18.2 Å². The lowest BCUT2D eigenvalue weighted by Gasteiger charge is -2.07. The van der Waals surface area contributed by atoms with Crippen LogP contribution in [0.1, 0.15) is 15.3 Å². The van der Waals surface area contributed by atoms with E-state index >= 15 is 0 Å². The number of carbonyl (C=O) groups is 1. The lowest BCUT2D eigenvalue weighted by molar-refractivity contribution is -0.136. The number of nitrogens with zero attached hydrogens (tertiary/aromatic N) is 1. The number of nitriles is 1. The summed E-state index contributed by atoms with van der Waals surface area (Å²) in [5.41, 5.74) is 1.23. The molecule has 0 atom stereocenters. The number of carboxylic acid groups (broad SMARTS) is 1. The number of hydrogen-bond donors (Lipinski definition) is 2. The summed E-state index contributed by atoms with van der Waals surface area (Å²) >= 11 is 7.49. The molecule has 0 radical (unpaired) electrons. The van der Waals surface area contributed by atoms with Gasteiger partial charge in [-0.1, -0.05) is 11.6 Å². The predicted molar refractivity (Wildman–Crippen MR) is 79.2 cm³/mol. The van der Waals surface area contributed by atoms with Crippen LogP contribution in [0.25, 0.3) is 0 Å². The molecule has 2 N–H and O–H groups in total. The van der Waals surface area contributed by atoms with Crippen LogP contribution in [-0.2, 0) is 17.8 Å². The third kappa shape index (κ3) is 3.73. The molecule has 2 aromatic rings. The van der Waals surface area contributed by atoms with Crippen LogP contribution in [0.3, 0.4) is 0 Å². The quantitative estimate of drug-likeness (QED) is 0.886. The summed E-state index contributed by atoms with van der Waals surface area (Å²) in [4.78, 5) is 12.4. The molecule has 0 spiro atoms. The second kappa shape index (κ2) is 6.42. The Labute approximate surface area is 125 Å². The third-order valence-corrected chi connectivity index (χ3v) is 4.01. The van der Waals surface area contributed by atoms with Gasteiger partial charge < -0.3 is 10.4 Å². The SMILES string of the molecule is N#Cc1ccc(Cl)c(NCc2ccc(CC(=O)O)s2)c1. The molecule has 1 aromatic carbocycles. The predicted octanol–water partition coefficient (Wildman–Crippen LogP) is 3.51. The molecular weight excluding hydrogens is 296 g/mol. The van der Waals surface area contributed by atoms with Crippen LogP contribution < -0.4 is 5.32 Å². The molecule has 0 amide bonds. The largest absolute Gasteiger partial charge is 0.481 e. The highest BCUT2D eigenvalue weighted by Crippen LogP contribution is 2.25. The first-order valence-corrected chi connectivity index (χ1v) is 7.01. The summed E-state index contributed by atoms with van der Waals surface area (Å²) < 4.78 is 0. The van der Waals surface area contributed by atoms with Gasteiger partial charge >= 0.3 is 5.97 Å². The zero-order valence-electron chi connectivity index (χ0n) is 10.4. The second-order valence-corrected chi connectivity index (χ2v) is 5.76. The van der Waals surface area contributed by atoms with Crippen molar-refractivity contribution < 1.29 is 9.90 Å². The Morgan fingerprint density at radius 2 is 2.10 bits per heavy atom. The van der Waals surface area contributed by atoms with E-state index in [0.29, 0.717) is 22.8 Å². The molecule has 0 unspecified atom stereocenters. The zero-order valence-corrected chi connectivity index (χ0v) is 12.0. The number of nitrogens with one attached hydrogen (secondary N) is 1. The molecule has 0 aliphatic carbocycles. The van der Waals surface area contributed by atoms with Gasteiger partial charge in [0.15, 0.2) is 0 Å². The first kappa shape index (κ1) is 14.4. The van der Waals surface area contributed by atoms with Gasteiger partial charge in [0.2, 0.25) is 0 Å². The van der Waals surface area contributed by atoms with Crippen molar-refractivity contribution in [1.29, 1.82) is 5.26 Å². The van der Waals surface area contributed by atoms with Crippen LogP contribution in [0, 0.1) is 11.3 Å². The Balaban J connectivity index is 2.03. The highest BCUT2D eigenvalue weighted by atomic mass is 35.5. The van der Waals surface area contributed by atoms with E-state index in [4.69, 9.17) is 22.0 Å². The van der Waals surface area contributed by atoms with E-state index in [9.17, 15) is 4.79 Å². The number of thiophene rings is 1. The minimum Gasteiger partial charge on any atom is -0.481 e. The average molecular weight is 307 g/mol. The molecular formula is C14H11ClN2O2S. The number of carboxylic acids is 1. The van der Waals surface area contributed by atoms with Gasteiger partial charge in [-0.25, -0.2) is 0 Å². The van der Waals surface area contributed by atoms with Crippen molar-refractivity contribution >= 4 is 34.6 Å². The molecule has 1 heterocycles. The van der Waals surface area contributed by atoms with Crippen LogP contribution >= 0.6 is 22.9 Å². The molecule has 6 heteroatoms. The lowest BCUT2D eigenvalue weighted by atomic mass is 10.2. The summed E-state index contributed by atoms with van der Waals surface area (Å²) in [6.45, 7) is 0.541. The van der Waals surface area contributed by atoms with Gasteiger partial charge in [-0.3, -0.25) is 4.79 Å². The zero-order chi connectivity index (χ0) is 14.5. The highest BCUT2D eigenvalue weighted by molar-refractivity contribution is 7.12. The number of halogens is 1. The van der Waals surface area contributed by atoms with E-state index in [1.807, 2.05) is 12.1 Å². The number of benzene rings is 1. The van der Waals surface area contributed by atoms with Crippen LogP contribution in [0.15, 0.2) is 30.3 Å². The van der Waals surface area contributed by atoms with Crippen molar-refractivity contribution in [3.8, 4) is 6.07 Å². The highest BCUT2D eigenvalue weighted by Gasteiger charge is 2.06. The molecule has 0 fully saturated rings. The molecule has 0 bridgehead atoms. The summed E-state index contributed by atoms with van der Waals surface area (Å²) in [5, 5.41) is 21.3. The van der Waals surface area contributed by atoms with Gasteiger partial charge in [-0.15, -0.1) is 11.3 Å². The summed E-state index contributed by atoms with van der Waals surface area (Å²) in [6, 6.07) is 10.8. The first-order chi connectivity index (χ1) is 9.58. The van der Waals surface area contributed by atoms with Crippen LogP contribution in [-0.4, -0.2) is 11.1 Å². The van der Waals surface area contributed by atoms with E-state index < -0.39 is 5.97 Å². The van der Waals surface area contributed by atoms with Crippen LogP contribution in [0.2, 0.25) is 5.02 Å². The van der Waals surface area contributed by atoms with Crippen molar-refractivity contribution in [1.82, 2.24) is 0 Å². The van der Waals surface area contributed by atoms with Gasteiger partial charge in [0.05, 0.1) is 28.8 Å². The maximum Gasteiger partial charge on any atom is 0.308 e. The Morgan fingerprint density at radius 3 is 2.80 bits per heavy atom. The first-order valence-electron chi connectivity index (χ1n) is 5.81. The summed E-state index contributed by atoms with van der Waals surface area (Å²) in [7, 11) is 0. The van der Waals surface area contributed by atoms with Crippen molar-refractivity contribution in [2.45, 2.75) is 13.0 Å². The van der Waals surface area contributed by atoms with Crippen molar-refractivity contribution in [2.24, 2.45) is 0 Å². The molecule has 0 aliphatic rings. The topological polar surface area (TPSA) is 73.1 Å². The minimum absolute atomic E-state index is 0.0370. The maximum absolute atomic E-state index is 10.6. The number of hydrogen-bond acceptors (Lipinski definition) is 4. The van der Waals surface area contributed by atoms with Gasteiger partial charge in [-0.2, -0.15) is 5.26 Å². The average Bonchev–Trinajstić information content (AvgIpc) is 2.84. The van der Waals surface area contributed by atoms with Gasteiger partial charge in [0, 0.05) is 16.3 Å². The molecule has 2 rings (SSSR count). The van der Waals surface area contributed by atoms with Gasteiger partial charge in [-0.05, 0) is 30.3 Å². The Hall–Kier alpha value is -2.03. The fraction of sp³-hybridized carbons (Fsp3) is 0.143. The van der Waals surface area contributed by atoms with E-state index in [1.165, 1.54) is 11.3 Å². The van der Waals surface area contributed by atoms with Crippen LogP contribution in [0.5, 0.6) is 0 Å². The maximum atomic E-state index is 10.6. The van der Waals surface area contributed by atoms with Crippen LogP contribution in [0.4, 0.5) is 5.69 Å². The minimum atomic E-state index is -0.837. The molecule has 20 heavy (non-hydrogen) atoms. The normalized spacial score (nSPS) is 10.0. The molecule has 4 nitrogen and oxygen atoms in total. The standard InChI is InChI=1S/C14H11ClN2O2S/c15-12-4-1-9(7-16)5-13(12)17-8-11-3-2-10(20-11)6-14(18)19/h1-5,17H,6,8H2,(H,18,19). The summed E-state index contributed by atoms with van der Waals surface area (Å²) in [6.07, 6.45) is 0.0370. The monoisotopic (exact) mass is 306 g/mol. The molecule has 102 valence electrons. The number of rotatable bonds is 5. The van der Waals surface area contributed by atoms with E-state index in [2.05, 4.69) is 11.4 Å². The molecule has 1 aromatic heterocycles. The van der Waals surface area contributed by atoms with E-state index in [-0.39, 0.29) is 6.42 Å². The molecule has 0 saturated heterocycles. The fourth-order valence-electron chi connectivity index (χ4n) is 1.67. The second-order valence-electron chi connectivity index (χ2n) is 4.10. The Bertz CT molecular complexity index is 676. The Morgan fingerprint density at radius 1 is 1.35 bits per heavy atom.